The summed E-state index contributed by atoms with van der Waals surface area (Å²) in [4.78, 5) is 24.4. The molecule has 1 rings (SSSR count). The van der Waals surface area contributed by atoms with E-state index in [-0.39, 0.29) is 17.8 Å². The average Bonchev–Trinajstić information content (AvgIpc) is 2.37. The third-order valence-electron chi connectivity index (χ3n) is 3.95. The number of hydrogen-bond donors (Lipinski definition) is 1. The maximum Gasteiger partial charge on any atom is 0.407 e. The van der Waals surface area contributed by atoms with Crippen LogP contribution in [-0.2, 0) is 9.53 Å². The number of esters is 1. The summed E-state index contributed by atoms with van der Waals surface area (Å²) in [5.41, 5.74) is -0.216. The lowest BCUT2D eigenvalue weighted by Gasteiger charge is -2.41. The molecule has 1 atom stereocenters. The van der Waals surface area contributed by atoms with E-state index >= 15 is 0 Å². The van der Waals surface area contributed by atoms with E-state index in [9.17, 15) is 9.59 Å². The van der Waals surface area contributed by atoms with Gasteiger partial charge in [0.15, 0.2) is 6.10 Å². The third-order valence-corrected chi connectivity index (χ3v) is 3.95. The van der Waals surface area contributed by atoms with E-state index in [1.165, 1.54) is 4.90 Å². The monoisotopic (exact) mass is 296 g/mol. The Kier molecular flexibility index (Phi) is 6.01. The molecule has 21 heavy (non-hydrogen) atoms. The molecule has 0 aliphatic carbocycles. The Morgan fingerprint density at radius 3 is 2.33 bits per heavy atom. The van der Waals surface area contributed by atoms with Crippen LogP contribution >= 0.6 is 0 Å². The van der Waals surface area contributed by atoms with Gasteiger partial charge in [0, 0.05) is 13.1 Å². The molecule has 0 spiro atoms. The highest BCUT2D eigenvalue weighted by molar-refractivity contribution is 5.71. The largest absolute Gasteiger partial charge is 0.465 e. The van der Waals surface area contributed by atoms with E-state index in [1.54, 1.807) is 6.92 Å². The lowest BCUT2D eigenvalue weighted by Crippen LogP contribution is -2.44. The van der Waals surface area contributed by atoms with E-state index in [1.807, 2.05) is 6.07 Å². The number of carboxylic acid groups (broad SMARTS) is 1. The highest BCUT2D eigenvalue weighted by Gasteiger charge is 2.38. The molecular weight excluding hydrogens is 272 g/mol. The minimum atomic E-state index is -0.908. The van der Waals surface area contributed by atoms with Gasteiger partial charge in [-0.2, -0.15) is 5.26 Å². The zero-order valence-electron chi connectivity index (χ0n) is 13.0. The van der Waals surface area contributed by atoms with Gasteiger partial charge in [0.25, 0.3) is 0 Å². The van der Waals surface area contributed by atoms with Crippen molar-refractivity contribution < 1.29 is 19.4 Å². The molecule has 1 heterocycles. The summed E-state index contributed by atoms with van der Waals surface area (Å²) < 4.78 is 5.05. The summed E-state index contributed by atoms with van der Waals surface area (Å²) in [5, 5.41) is 17.7. The summed E-state index contributed by atoms with van der Waals surface area (Å²) in [6, 6.07) is 1.88. The number of carbonyl (C=O) groups excluding carboxylic acids is 1. The smallest absolute Gasteiger partial charge is 0.407 e. The minimum Gasteiger partial charge on any atom is -0.465 e. The molecule has 6 heteroatoms. The average molecular weight is 296 g/mol. The Bertz CT molecular complexity index is 420. The standard InChI is InChI=1S/C15H24N2O4/c1-11(2)8-15(9-13(18)21-12(3)10-16)4-6-17(7-5-15)14(19)20/h11-12H,4-9H2,1-3H3,(H,19,20). The normalized spacial score (nSPS) is 18.9. The van der Waals surface area contributed by atoms with Crippen molar-refractivity contribution >= 4 is 12.1 Å². The fourth-order valence-electron chi connectivity index (χ4n) is 3.06. The van der Waals surface area contributed by atoms with E-state index in [4.69, 9.17) is 15.1 Å². The molecule has 0 saturated carbocycles. The summed E-state index contributed by atoms with van der Waals surface area (Å²) in [6.45, 7) is 6.62. The second kappa shape index (κ2) is 7.30. The predicted octanol–water partition coefficient (Wildman–Crippen LogP) is 2.64. The molecule has 6 nitrogen and oxygen atoms in total. The van der Waals surface area contributed by atoms with Gasteiger partial charge in [-0.05, 0) is 37.5 Å². The first-order chi connectivity index (χ1) is 9.78. The second-order valence-electron chi connectivity index (χ2n) is 6.31. The number of ether oxygens (including phenoxy) is 1. The number of nitriles is 1. The van der Waals surface area contributed by atoms with Gasteiger partial charge in [-0.25, -0.2) is 4.79 Å². The molecule has 1 fully saturated rings. The quantitative estimate of drug-likeness (QED) is 0.787. The lowest BCUT2D eigenvalue weighted by molar-refractivity contribution is -0.149. The molecule has 1 N–H and O–H groups in total. The van der Waals surface area contributed by atoms with Crippen molar-refractivity contribution in [2.24, 2.45) is 11.3 Å². The number of hydrogen-bond acceptors (Lipinski definition) is 4. The van der Waals surface area contributed by atoms with Crippen LogP contribution in [0.25, 0.3) is 0 Å². The Hall–Kier alpha value is -1.77. The number of piperidine rings is 1. The molecular formula is C15H24N2O4. The fraction of sp³-hybridized carbons (Fsp3) is 0.800. The van der Waals surface area contributed by atoms with Crippen molar-refractivity contribution in [1.82, 2.24) is 4.90 Å². The summed E-state index contributed by atoms with van der Waals surface area (Å²) in [6.07, 6.45) is 0.781. The van der Waals surface area contributed by atoms with E-state index in [0.717, 1.165) is 6.42 Å². The Morgan fingerprint density at radius 1 is 1.33 bits per heavy atom. The summed E-state index contributed by atoms with van der Waals surface area (Å²) in [7, 11) is 0. The summed E-state index contributed by atoms with van der Waals surface area (Å²) >= 11 is 0. The molecule has 1 aliphatic rings. The van der Waals surface area contributed by atoms with E-state index < -0.39 is 12.2 Å². The van der Waals surface area contributed by atoms with Gasteiger partial charge in [0.05, 0.1) is 6.42 Å². The van der Waals surface area contributed by atoms with Crippen LogP contribution in [0, 0.1) is 22.7 Å². The summed E-state index contributed by atoms with van der Waals surface area (Å²) in [5.74, 6) is 0.0519. The van der Waals surface area contributed by atoms with Crippen LogP contribution in [0.4, 0.5) is 4.79 Å². The molecule has 1 aliphatic heterocycles. The number of likely N-dealkylation sites (tertiary alicyclic amines) is 1. The van der Waals surface area contributed by atoms with Gasteiger partial charge in [0.2, 0.25) is 0 Å². The van der Waals surface area contributed by atoms with Crippen molar-refractivity contribution in [2.75, 3.05) is 13.1 Å². The topological polar surface area (TPSA) is 90.6 Å². The molecule has 0 aromatic rings. The molecule has 1 amide bonds. The zero-order valence-corrected chi connectivity index (χ0v) is 13.0. The molecule has 1 unspecified atom stereocenters. The van der Waals surface area contributed by atoms with Crippen molar-refractivity contribution in [3.63, 3.8) is 0 Å². The maximum atomic E-state index is 12.0. The van der Waals surface area contributed by atoms with Gasteiger partial charge in [-0.15, -0.1) is 0 Å². The Labute approximate surface area is 125 Å². The molecule has 0 bridgehead atoms. The van der Waals surface area contributed by atoms with E-state index in [0.29, 0.717) is 31.8 Å². The molecule has 1 saturated heterocycles. The van der Waals surface area contributed by atoms with Gasteiger partial charge in [-0.1, -0.05) is 13.8 Å². The highest BCUT2D eigenvalue weighted by Crippen LogP contribution is 2.41. The highest BCUT2D eigenvalue weighted by atomic mass is 16.5. The molecule has 118 valence electrons. The van der Waals surface area contributed by atoms with Gasteiger partial charge in [-0.3, -0.25) is 4.79 Å². The minimum absolute atomic E-state index is 0.216. The van der Waals surface area contributed by atoms with Crippen molar-refractivity contribution in [3.05, 3.63) is 0 Å². The van der Waals surface area contributed by atoms with Crippen LogP contribution in [0.5, 0.6) is 0 Å². The number of rotatable bonds is 5. The first-order valence-electron chi connectivity index (χ1n) is 7.35. The first-order valence-corrected chi connectivity index (χ1v) is 7.35. The SMILES string of the molecule is CC(C)CC1(CC(=O)OC(C)C#N)CCN(C(=O)O)CC1. The van der Waals surface area contributed by atoms with Gasteiger partial charge in [0.1, 0.15) is 6.07 Å². The Balaban J connectivity index is 2.70. The maximum absolute atomic E-state index is 12.0. The van der Waals surface area contributed by atoms with Gasteiger partial charge >= 0.3 is 12.1 Å². The molecule has 0 aromatic heterocycles. The third kappa shape index (κ3) is 5.25. The van der Waals surface area contributed by atoms with E-state index in [2.05, 4.69) is 13.8 Å². The van der Waals surface area contributed by atoms with Crippen LogP contribution in [-0.4, -0.2) is 41.3 Å². The lowest BCUT2D eigenvalue weighted by atomic mass is 9.70. The number of nitrogens with zero attached hydrogens (tertiary/aromatic N) is 2. The second-order valence-corrected chi connectivity index (χ2v) is 6.31. The van der Waals surface area contributed by atoms with Crippen LogP contribution < -0.4 is 0 Å². The Morgan fingerprint density at radius 2 is 1.90 bits per heavy atom. The van der Waals surface area contributed by atoms with Crippen LogP contribution in [0.15, 0.2) is 0 Å². The van der Waals surface area contributed by atoms with Crippen molar-refractivity contribution in [3.8, 4) is 6.07 Å². The molecule has 0 aromatic carbocycles. The number of amides is 1. The van der Waals surface area contributed by atoms with Crippen LogP contribution in [0.3, 0.4) is 0 Å². The zero-order chi connectivity index (χ0) is 16.0. The molecule has 0 radical (unpaired) electrons. The van der Waals surface area contributed by atoms with Crippen LogP contribution in [0.2, 0.25) is 0 Å². The van der Waals surface area contributed by atoms with Gasteiger partial charge < -0.3 is 14.7 Å². The van der Waals surface area contributed by atoms with Crippen LogP contribution in [0.1, 0.15) is 46.5 Å². The van der Waals surface area contributed by atoms with Crippen molar-refractivity contribution in [1.29, 1.82) is 5.26 Å². The predicted molar refractivity (Wildman–Crippen MR) is 76.5 cm³/mol. The first kappa shape index (κ1) is 17.3. The number of carbonyl (C=O) groups is 2. The fourth-order valence-corrected chi connectivity index (χ4v) is 3.06. The van der Waals surface area contributed by atoms with Crippen molar-refractivity contribution in [2.45, 2.75) is 52.6 Å².